The number of allylic oxidation sites excluding steroid dienone is 2. The molecule has 0 fully saturated rings. The van der Waals surface area contributed by atoms with E-state index >= 15 is 0 Å². The molecule has 0 aromatic rings. The van der Waals surface area contributed by atoms with E-state index < -0.39 is 12.2 Å². The maximum Gasteiger partial charge on any atom is 0.107 e. The van der Waals surface area contributed by atoms with Gasteiger partial charge in [0, 0.05) is 6.61 Å². The van der Waals surface area contributed by atoms with Gasteiger partial charge in [-0.15, -0.1) is 0 Å². The summed E-state index contributed by atoms with van der Waals surface area (Å²) in [5.41, 5.74) is 0. The summed E-state index contributed by atoms with van der Waals surface area (Å²) in [4.78, 5) is 0. The van der Waals surface area contributed by atoms with Gasteiger partial charge in [0.1, 0.15) is 12.2 Å². The Balaban J connectivity index is 4.21. The minimum atomic E-state index is -0.881. The molecular weight excluding hydrogens is 316 g/mol. The lowest BCUT2D eigenvalue weighted by molar-refractivity contribution is -0.0295. The highest BCUT2D eigenvalue weighted by atomic mass is 79.9. The number of aliphatic hydroxyl groups is 2. The number of rotatable bonds is 6. The van der Waals surface area contributed by atoms with Crippen molar-refractivity contribution in [1.82, 2.24) is 0 Å². The molecule has 0 saturated heterocycles. The smallest absolute Gasteiger partial charge is 0.107 e. The number of hydrogen-bond donors (Lipinski definition) is 2. The van der Waals surface area contributed by atoms with Crippen molar-refractivity contribution in [2.45, 2.75) is 19.1 Å². The predicted octanol–water partition coefficient (Wildman–Crippen LogP) is 1.93. The highest BCUT2D eigenvalue weighted by Crippen LogP contribution is 2.12. The summed E-state index contributed by atoms with van der Waals surface area (Å²) in [6, 6.07) is 0. The van der Waals surface area contributed by atoms with E-state index in [0.717, 1.165) is 3.39 Å². The van der Waals surface area contributed by atoms with E-state index in [1.807, 2.05) is 6.92 Å². The van der Waals surface area contributed by atoms with Crippen LogP contribution in [0.4, 0.5) is 0 Å². The Morgan fingerprint density at radius 3 is 2.57 bits per heavy atom. The molecule has 0 rings (SSSR count). The SMILES string of the molecule is CCO[C@H](/C=C/C=C(Br)Br)C(O)CO. The van der Waals surface area contributed by atoms with E-state index in [2.05, 4.69) is 31.9 Å². The third-order valence-electron chi connectivity index (χ3n) is 1.45. The van der Waals surface area contributed by atoms with Gasteiger partial charge >= 0.3 is 0 Å². The first-order valence-corrected chi connectivity index (χ1v) is 5.80. The Morgan fingerprint density at radius 2 is 2.14 bits per heavy atom. The predicted molar refractivity (Wildman–Crippen MR) is 63.6 cm³/mol. The second kappa shape index (κ2) is 8.61. The average Bonchev–Trinajstić information content (AvgIpc) is 2.15. The van der Waals surface area contributed by atoms with E-state index in [1.165, 1.54) is 0 Å². The van der Waals surface area contributed by atoms with E-state index in [-0.39, 0.29) is 6.61 Å². The lowest BCUT2D eigenvalue weighted by Gasteiger charge is -2.17. The van der Waals surface area contributed by atoms with Crippen LogP contribution in [-0.2, 0) is 4.74 Å². The van der Waals surface area contributed by atoms with Crippen molar-refractivity contribution in [1.29, 1.82) is 0 Å². The maximum atomic E-state index is 9.34. The molecule has 0 aliphatic carbocycles. The Labute approximate surface area is 101 Å². The van der Waals surface area contributed by atoms with Gasteiger partial charge in [0.2, 0.25) is 0 Å². The third kappa shape index (κ3) is 6.73. The highest BCUT2D eigenvalue weighted by molar-refractivity contribution is 9.28. The van der Waals surface area contributed by atoms with Crippen molar-refractivity contribution in [2.75, 3.05) is 13.2 Å². The number of hydrogen-bond acceptors (Lipinski definition) is 3. The molecule has 5 heteroatoms. The number of ether oxygens (including phenoxy) is 1. The molecule has 0 aliphatic rings. The largest absolute Gasteiger partial charge is 0.394 e. The highest BCUT2D eigenvalue weighted by Gasteiger charge is 2.14. The van der Waals surface area contributed by atoms with E-state index in [4.69, 9.17) is 9.84 Å². The summed E-state index contributed by atoms with van der Waals surface area (Å²) < 4.78 is 6.02. The van der Waals surface area contributed by atoms with Gasteiger partial charge < -0.3 is 14.9 Å². The van der Waals surface area contributed by atoms with Gasteiger partial charge in [0.15, 0.2) is 0 Å². The van der Waals surface area contributed by atoms with Crippen LogP contribution in [-0.4, -0.2) is 35.6 Å². The molecule has 3 nitrogen and oxygen atoms in total. The minimum Gasteiger partial charge on any atom is -0.394 e. The van der Waals surface area contributed by atoms with Crippen molar-refractivity contribution in [3.8, 4) is 0 Å². The monoisotopic (exact) mass is 328 g/mol. The molecule has 0 saturated carbocycles. The minimum absolute atomic E-state index is 0.311. The zero-order valence-corrected chi connectivity index (χ0v) is 11.0. The Bertz CT molecular complexity index is 200. The fourth-order valence-electron chi connectivity index (χ4n) is 0.829. The number of aliphatic hydroxyl groups excluding tert-OH is 2. The molecule has 0 bridgehead atoms. The Kier molecular flexibility index (Phi) is 8.81. The summed E-state index contributed by atoms with van der Waals surface area (Å²) in [5, 5.41) is 18.1. The van der Waals surface area contributed by atoms with E-state index in [1.54, 1.807) is 18.2 Å². The van der Waals surface area contributed by atoms with Crippen LogP contribution in [0.3, 0.4) is 0 Å². The van der Waals surface area contributed by atoms with Crippen LogP contribution in [0.25, 0.3) is 0 Å². The Morgan fingerprint density at radius 1 is 1.50 bits per heavy atom. The third-order valence-corrected chi connectivity index (χ3v) is 1.98. The van der Waals surface area contributed by atoms with Gasteiger partial charge in [0.05, 0.1) is 10.00 Å². The second-order valence-corrected chi connectivity index (χ2v) is 5.28. The van der Waals surface area contributed by atoms with Crippen LogP contribution in [0.2, 0.25) is 0 Å². The van der Waals surface area contributed by atoms with Gasteiger partial charge in [0.25, 0.3) is 0 Å². The molecule has 1 unspecified atom stereocenters. The standard InChI is InChI=1S/C9H14Br2O3/c1-2-14-8(7(13)6-12)4-3-5-9(10)11/h3-5,7-8,12-13H,2,6H2,1H3/b4-3+/t7?,8-/m1/s1. The molecule has 2 atom stereocenters. The van der Waals surface area contributed by atoms with Crippen LogP contribution in [0.5, 0.6) is 0 Å². The van der Waals surface area contributed by atoms with Crippen LogP contribution in [0.1, 0.15) is 6.92 Å². The summed E-state index contributed by atoms with van der Waals surface area (Å²) in [6.45, 7) is 2.01. The molecule has 0 aromatic carbocycles. The van der Waals surface area contributed by atoms with Crippen molar-refractivity contribution >= 4 is 31.9 Å². The molecule has 0 aliphatic heterocycles. The normalized spacial score (nSPS) is 15.5. The first-order chi connectivity index (χ1) is 6.61. The van der Waals surface area contributed by atoms with Crippen molar-refractivity contribution < 1.29 is 14.9 Å². The fourth-order valence-corrected chi connectivity index (χ4v) is 1.13. The summed E-state index contributed by atoms with van der Waals surface area (Å²) in [7, 11) is 0. The molecule has 14 heavy (non-hydrogen) atoms. The first kappa shape index (κ1) is 14.3. The molecule has 2 N–H and O–H groups in total. The van der Waals surface area contributed by atoms with Crippen molar-refractivity contribution in [3.63, 3.8) is 0 Å². The molecule has 0 aromatic heterocycles. The van der Waals surface area contributed by atoms with E-state index in [9.17, 15) is 5.11 Å². The fraction of sp³-hybridized carbons (Fsp3) is 0.556. The number of halogens is 2. The van der Waals surface area contributed by atoms with E-state index in [0.29, 0.717) is 6.61 Å². The second-order valence-electron chi connectivity index (χ2n) is 2.51. The molecular formula is C9H14Br2O3. The Hall–Kier alpha value is 0.320. The molecule has 0 amide bonds. The summed E-state index contributed by atoms with van der Waals surface area (Å²) in [5.74, 6) is 0. The van der Waals surface area contributed by atoms with Gasteiger partial charge in [-0.05, 0) is 44.9 Å². The summed E-state index contributed by atoms with van der Waals surface area (Å²) in [6.07, 6.45) is 3.83. The lowest BCUT2D eigenvalue weighted by Crippen LogP contribution is -2.30. The van der Waals surface area contributed by atoms with Crippen molar-refractivity contribution in [2.24, 2.45) is 0 Å². The van der Waals surface area contributed by atoms with Gasteiger partial charge in [-0.2, -0.15) is 0 Å². The van der Waals surface area contributed by atoms with Crippen LogP contribution in [0, 0.1) is 0 Å². The van der Waals surface area contributed by atoms with Crippen LogP contribution >= 0.6 is 31.9 Å². The van der Waals surface area contributed by atoms with Gasteiger partial charge in [-0.3, -0.25) is 0 Å². The quantitative estimate of drug-likeness (QED) is 0.732. The van der Waals surface area contributed by atoms with Crippen molar-refractivity contribution in [3.05, 3.63) is 21.6 Å². The zero-order chi connectivity index (χ0) is 11.0. The molecule has 0 radical (unpaired) electrons. The summed E-state index contributed by atoms with van der Waals surface area (Å²) >= 11 is 6.38. The topological polar surface area (TPSA) is 49.7 Å². The average molecular weight is 330 g/mol. The van der Waals surface area contributed by atoms with Gasteiger partial charge in [-0.1, -0.05) is 12.2 Å². The van der Waals surface area contributed by atoms with Gasteiger partial charge in [-0.25, -0.2) is 0 Å². The van der Waals surface area contributed by atoms with Crippen LogP contribution in [0.15, 0.2) is 21.6 Å². The molecule has 0 spiro atoms. The molecule has 82 valence electrons. The maximum absolute atomic E-state index is 9.34. The zero-order valence-electron chi connectivity index (χ0n) is 7.86. The first-order valence-electron chi connectivity index (χ1n) is 4.21. The lowest BCUT2D eigenvalue weighted by atomic mass is 10.2. The molecule has 0 heterocycles. The van der Waals surface area contributed by atoms with Crippen LogP contribution < -0.4 is 0 Å².